The van der Waals surface area contributed by atoms with E-state index in [4.69, 9.17) is 0 Å². The predicted molar refractivity (Wildman–Crippen MR) is 131 cm³/mol. The van der Waals surface area contributed by atoms with E-state index in [1.165, 1.54) is 10.8 Å². The fourth-order valence-corrected chi connectivity index (χ4v) is 3.95. The van der Waals surface area contributed by atoms with Crippen molar-refractivity contribution in [3.8, 4) is 0 Å². The van der Waals surface area contributed by atoms with Crippen molar-refractivity contribution in [3.63, 3.8) is 0 Å². The molecule has 1 N–H and O–H groups in total. The summed E-state index contributed by atoms with van der Waals surface area (Å²) in [4.78, 5) is 28.0. The van der Waals surface area contributed by atoms with Crippen LogP contribution < -0.4 is 5.32 Å². The van der Waals surface area contributed by atoms with Gasteiger partial charge in [0, 0.05) is 19.0 Å². The minimum Gasteiger partial charge on any atom is -0.352 e. The Kier molecular flexibility index (Phi) is 8.04. The van der Waals surface area contributed by atoms with Gasteiger partial charge in [0.1, 0.15) is 6.04 Å². The Labute approximate surface area is 191 Å². The lowest BCUT2D eigenvalue weighted by molar-refractivity contribution is -0.140. The van der Waals surface area contributed by atoms with Crippen molar-refractivity contribution < 1.29 is 9.59 Å². The van der Waals surface area contributed by atoms with Gasteiger partial charge in [-0.05, 0) is 55.5 Å². The third-order valence-corrected chi connectivity index (χ3v) is 6.09. The van der Waals surface area contributed by atoms with Crippen LogP contribution >= 0.6 is 0 Å². The Balaban J connectivity index is 1.79. The standard InChI is InChI=1S/C28H34N2O2/c1-5-21(3)29-28(32)22(4)30(19-23-11-8-10-20(2)18-23)27(31)17-16-25-14-9-13-24-12-6-7-15-26(24)25/h6-15,18,21-22H,5,16-17,19H2,1-4H3,(H,29,32)/t21-,22-/m0/s1. The summed E-state index contributed by atoms with van der Waals surface area (Å²) >= 11 is 0. The van der Waals surface area contributed by atoms with Crippen LogP contribution in [0.4, 0.5) is 0 Å². The molecule has 0 aliphatic heterocycles. The molecule has 2 amide bonds. The van der Waals surface area contributed by atoms with Gasteiger partial charge in [0.25, 0.3) is 0 Å². The molecule has 0 spiro atoms. The molecule has 0 heterocycles. The van der Waals surface area contributed by atoms with Gasteiger partial charge >= 0.3 is 0 Å². The maximum atomic E-state index is 13.4. The van der Waals surface area contributed by atoms with E-state index in [9.17, 15) is 9.59 Å². The van der Waals surface area contributed by atoms with Crippen LogP contribution in [0, 0.1) is 6.92 Å². The van der Waals surface area contributed by atoms with Gasteiger partial charge in [-0.1, -0.05) is 79.2 Å². The zero-order valence-corrected chi connectivity index (χ0v) is 19.6. The SMILES string of the molecule is CC[C@H](C)NC(=O)[C@H](C)N(Cc1cccc(C)c1)C(=O)CCc1cccc2ccccc12. The van der Waals surface area contributed by atoms with Gasteiger partial charge in [0.15, 0.2) is 0 Å². The third-order valence-electron chi connectivity index (χ3n) is 6.09. The van der Waals surface area contributed by atoms with Gasteiger partial charge in [-0.3, -0.25) is 9.59 Å². The lowest BCUT2D eigenvalue weighted by Crippen LogP contribution is -2.49. The molecule has 4 nitrogen and oxygen atoms in total. The summed E-state index contributed by atoms with van der Waals surface area (Å²) in [6.45, 7) is 8.30. The van der Waals surface area contributed by atoms with Crippen LogP contribution in [-0.4, -0.2) is 28.8 Å². The summed E-state index contributed by atoms with van der Waals surface area (Å²) in [6, 6.07) is 22.1. The van der Waals surface area contributed by atoms with E-state index in [1.54, 1.807) is 4.90 Å². The number of fused-ring (bicyclic) bond motifs is 1. The van der Waals surface area contributed by atoms with Crippen LogP contribution in [0.3, 0.4) is 0 Å². The van der Waals surface area contributed by atoms with Crippen LogP contribution in [0.25, 0.3) is 10.8 Å². The Bertz CT molecular complexity index is 1070. The second-order valence-corrected chi connectivity index (χ2v) is 8.64. The molecule has 0 fully saturated rings. The molecule has 0 saturated heterocycles. The smallest absolute Gasteiger partial charge is 0.242 e. The molecule has 2 atom stereocenters. The van der Waals surface area contributed by atoms with E-state index in [2.05, 4.69) is 35.6 Å². The Morgan fingerprint density at radius 3 is 2.44 bits per heavy atom. The van der Waals surface area contributed by atoms with Crippen LogP contribution in [-0.2, 0) is 22.6 Å². The van der Waals surface area contributed by atoms with Gasteiger partial charge in [0.2, 0.25) is 11.8 Å². The first-order chi connectivity index (χ1) is 15.4. The second-order valence-electron chi connectivity index (χ2n) is 8.64. The fourth-order valence-electron chi connectivity index (χ4n) is 3.95. The molecule has 0 saturated carbocycles. The van der Waals surface area contributed by atoms with E-state index in [0.717, 1.165) is 23.1 Å². The zero-order valence-electron chi connectivity index (χ0n) is 19.6. The van der Waals surface area contributed by atoms with E-state index in [0.29, 0.717) is 19.4 Å². The molecule has 168 valence electrons. The average molecular weight is 431 g/mol. The van der Waals surface area contributed by atoms with Crippen LogP contribution in [0.5, 0.6) is 0 Å². The monoisotopic (exact) mass is 430 g/mol. The number of hydrogen-bond acceptors (Lipinski definition) is 2. The highest BCUT2D eigenvalue weighted by Crippen LogP contribution is 2.21. The van der Waals surface area contributed by atoms with Crippen molar-refractivity contribution in [1.82, 2.24) is 10.2 Å². The topological polar surface area (TPSA) is 49.4 Å². The number of benzene rings is 3. The Hall–Kier alpha value is -3.14. The maximum absolute atomic E-state index is 13.4. The van der Waals surface area contributed by atoms with Gasteiger partial charge < -0.3 is 10.2 Å². The van der Waals surface area contributed by atoms with Crippen molar-refractivity contribution >= 4 is 22.6 Å². The van der Waals surface area contributed by atoms with Crippen molar-refractivity contribution in [2.45, 2.75) is 65.6 Å². The molecule has 0 bridgehead atoms. The van der Waals surface area contributed by atoms with Gasteiger partial charge in [-0.15, -0.1) is 0 Å². The van der Waals surface area contributed by atoms with E-state index >= 15 is 0 Å². The minimum atomic E-state index is -0.537. The summed E-state index contributed by atoms with van der Waals surface area (Å²) in [6.07, 6.45) is 1.86. The van der Waals surface area contributed by atoms with Crippen molar-refractivity contribution in [2.24, 2.45) is 0 Å². The molecule has 4 heteroatoms. The number of rotatable bonds is 9. The number of amides is 2. The Morgan fingerprint density at radius 1 is 0.969 bits per heavy atom. The number of carbonyl (C=O) groups is 2. The number of carbonyl (C=O) groups excluding carboxylic acids is 2. The van der Waals surface area contributed by atoms with E-state index in [1.807, 2.05) is 64.1 Å². The third kappa shape index (κ3) is 5.97. The van der Waals surface area contributed by atoms with Gasteiger partial charge in [-0.25, -0.2) is 0 Å². The van der Waals surface area contributed by atoms with Gasteiger partial charge in [-0.2, -0.15) is 0 Å². The van der Waals surface area contributed by atoms with Gasteiger partial charge in [0.05, 0.1) is 0 Å². The molecule has 3 aromatic carbocycles. The Morgan fingerprint density at radius 2 is 1.69 bits per heavy atom. The first-order valence-electron chi connectivity index (χ1n) is 11.5. The summed E-state index contributed by atoms with van der Waals surface area (Å²) in [5.74, 6) is -0.114. The lowest BCUT2D eigenvalue weighted by atomic mass is 10.0. The lowest BCUT2D eigenvalue weighted by Gasteiger charge is -2.30. The first kappa shape index (κ1) is 23.5. The van der Waals surface area contributed by atoms with Crippen molar-refractivity contribution in [3.05, 3.63) is 83.4 Å². The summed E-state index contributed by atoms with van der Waals surface area (Å²) in [7, 11) is 0. The number of nitrogens with one attached hydrogen (secondary N) is 1. The summed E-state index contributed by atoms with van der Waals surface area (Å²) in [5, 5.41) is 5.38. The van der Waals surface area contributed by atoms with Crippen LogP contribution in [0.2, 0.25) is 0 Å². The van der Waals surface area contributed by atoms with E-state index < -0.39 is 6.04 Å². The molecule has 3 aromatic rings. The molecule has 0 aliphatic carbocycles. The number of hydrogen-bond donors (Lipinski definition) is 1. The number of nitrogens with zero attached hydrogens (tertiary/aromatic N) is 1. The number of aryl methyl sites for hydroxylation is 2. The maximum Gasteiger partial charge on any atom is 0.242 e. The average Bonchev–Trinajstić information content (AvgIpc) is 2.80. The molecule has 32 heavy (non-hydrogen) atoms. The van der Waals surface area contributed by atoms with Crippen molar-refractivity contribution in [2.75, 3.05) is 0 Å². The largest absolute Gasteiger partial charge is 0.352 e. The summed E-state index contributed by atoms with van der Waals surface area (Å²) < 4.78 is 0. The molecule has 0 aromatic heterocycles. The highest BCUT2D eigenvalue weighted by atomic mass is 16.2. The van der Waals surface area contributed by atoms with E-state index in [-0.39, 0.29) is 17.9 Å². The van der Waals surface area contributed by atoms with Crippen molar-refractivity contribution in [1.29, 1.82) is 0 Å². The second kappa shape index (κ2) is 10.9. The molecular formula is C28H34N2O2. The first-order valence-corrected chi connectivity index (χ1v) is 11.5. The highest BCUT2D eigenvalue weighted by molar-refractivity contribution is 5.89. The molecular weight excluding hydrogens is 396 g/mol. The fraction of sp³-hybridized carbons (Fsp3) is 0.357. The molecule has 0 radical (unpaired) electrons. The normalized spacial score (nSPS) is 12.9. The predicted octanol–water partition coefficient (Wildman–Crippen LogP) is 5.41. The quantitative estimate of drug-likeness (QED) is 0.493. The molecule has 0 aliphatic rings. The molecule has 0 unspecified atom stereocenters. The highest BCUT2D eigenvalue weighted by Gasteiger charge is 2.26. The molecule has 3 rings (SSSR count). The van der Waals surface area contributed by atoms with Crippen LogP contribution in [0.1, 0.15) is 50.3 Å². The zero-order chi connectivity index (χ0) is 23.1. The minimum absolute atomic E-state index is 0.00811. The summed E-state index contributed by atoms with van der Waals surface area (Å²) in [5.41, 5.74) is 3.33. The van der Waals surface area contributed by atoms with Crippen LogP contribution in [0.15, 0.2) is 66.7 Å².